The fourth-order valence-electron chi connectivity index (χ4n) is 3.26. The number of anilines is 1. The second-order valence-corrected chi connectivity index (χ2v) is 9.50. The van der Waals surface area contributed by atoms with E-state index >= 15 is 0 Å². The van der Waals surface area contributed by atoms with E-state index < -0.39 is 5.97 Å². The second-order valence-electron chi connectivity index (χ2n) is 7.07. The fraction of sp³-hybridized carbons (Fsp3) is 0.160. The molecule has 5 nitrogen and oxygen atoms in total. The Morgan fingerprint density at radius 3 is 2.67 bits per heavy atom. The maximum atomic E-state index is 12.7. The lowest BCUT2D eigenvalue weighted by Crippen LogP contribution is -2.15. The maximum Gasteiger partial charge on any atom is 0.341 e. The van der Waals surface area contributed by atoms with Crippen LogP contribution in [0.1, 0.15) is 23.7 Å². The number of halogens is 1. The molecule has 1 amide bonds. The van der Waals surface area contributed by atoms with Crippen LogP contribution in [-0.4, -0.2) is 29.2 Å². The van der Waals surface area contributed by atoms with Crippen molar-refractivity contribution in [2.45, 2.75) is 18.4 Å². The number of benzene rings is 2. The van der Waals surface area contributed by atoms with Crippen LogP contribution in [0.25, 0.3) is 22.0 Å². The molecule has 2 aromatic heterocycles. The molecule has 2 heterocycles. The van der Waals surface area contributed by atoms with Crippen molar-refractivity contribution in [1.82, 2.24) is 4.98 Å². The normalized spacial score (nSPS) is 10.8. The number of nitrogens with one attached hydrogen (secondary N) is 1. The van der Waals surface area contributed by atoms with E-state index in [-0.39, 0.29) is 18.9 Å². The van der Waals surface area contributed by atoms with Gasteiger partial charge in [0, 0.05) is 33.5 Å². The molecule has 0 saturated carbocycles. The molecule has 1 N–H and O–H groups in total. The number of hydrogen-bond acceptors (Lipinski definition) is 6. The molecule has 0 saturated heterocycles. The zero-order valence-electron chi connectivity index (χ0n) is 17.8. The number of amides is 1. The van der Waals surface area contributed by atoms with Crippen LogP contribution in [0.4, 0.5) is 5.00 Å². The number of carbonyl (C=O) groups excluding carboxylic acids is 2. The number of para-hydroxylation sites is 1. The highest BCUT2D eigenvalue weighted by molar-refractivity contribution is 7.99. The molecule has 0 aliphatic rings. The summed E-state index contributed by atoms with van der Waals surface area (Å²) < 4.78 is 5.25. The number of carbonyl (C=O) groups is 2. The van der Waals surface area contributed by atoms with Crippen molar-refractivity contribution < 1.29 is 14.3 Å². The highest BCUT2D eigenvalue weighted by atomic mass is 35.5. The first-order valence-corrected chi connectivity index (χ1v) is 12.6. The van der Waals surface area contributed by atoms with Gasteiger partial charge >= 0.3 is 5.97 Å². The molecule has 0 unspecified atom stereocenters. The topological polar surface area (TPSA) is 68.3 Å². The van der Waals surface area contributed by atoms with E-state index in [4.69, 9.17) is 16.3 Å². The summed E-state index contributed by atoms with van der Waals surface area (Å²) >= 11 is 8.82. The number of hydrogen-bond donors (Lipinski definition) is 1. The van der Waals surface area contributed by atoms with E-state index in [0.717, 1.165) is 21.5 Å². The molecular formula is C25H21ClN2O3S2. The van der Waals surface area contributed by atoms with E-state index in [9.17, 15) is 9.59 Å². The highest BCUT2D eigenvalue weighted by Crippen LogP contribution is 2.37. The molecule has 0 bridgehead atoms. The monoisotopic (exact) mass is 496 g/mol. The number of esters is 1. The van der Waals surface area contributed by atoms with E-state index in [1.165, 1.54) is 23.1 Å². The summed E-state index contributed by atoms with van der Waals surface area (Å²) in [5, 5.41) is 7.78. The van der Waals surface area contributed by atoms with Crippen LogP contribution in [0.3, 0.4) is 0 Å². The van der Waals surface area contributed by atoms with Crippen LogP contribution in [0.2, 0.25) is 5.02 Å². The Hall–Kier alpha value is -2.87. The standard InChI is InChI=1S/C25H21ClN2O3S2/c1-2-31-25(30)23-19(16-7-10-18(26)11-8-16)15-33-24(23)28-21(29)13-14-32-22-12-9-17-5-3-4-6-20(17)27-22/h3-12,15H,2,13-14H2,1H3,(H,28,29). The Bertz CT molecular complexity index is 1290. The van der Waals surface area contributed by atoms with Gasteiger partial charge in [-0.3, -0.25) is 4.79 Å². The molecule has 0 spiro atoms. The lowest BCUT2D eigenvalue weighted by molar-refractivity contribution is -0.115. The van der Waals surface area contributed by atoms with Crippen LogP contribution >= 0.6 is 34.7 Å². The van der Waals surface area contributed by atoms with Gasteiger partial charge in [0.2, 0.25) is 5.91 Å². The molecule has 0 fully saturated rings. The number of nitrogens with zero attached hydrogens (tertiary/aromatic N) is 1. The summed E-state index contributed by atoms with van der Waals surface area (Å²) in [6, 6.07) is 19.1. The summed E-state index contributed by atoms with van der Waals surface area (Å²) in [7, 11) is 0. The predicted octanol–water partition coefficient (Wildman–Crippen LogP) is 6.91. The first-order chi connectivity index (χ1) is 16.0. The molecular weight excluding hydrogens is 476 g/mol. The van der Waals surface area contributed by atoms with Gasteiger partial charge < -0.3 is 10.1 Å². The average molecular weight is 497 g/mol. The Labute approximate surface area is 205 Å². The predicted molar refractivity (Wildman–Crippen MR) is 136 cm³/mol. The number of rotatable bonds is 8. The van der Waals surface area contributed by atoms with Gasteiger partial charge in [0.1, 0.15) is 10.6 Å². The summed E-state index contributed by atoms with van der Waals surface area (Å²) in [5.41, 5.74) is 2.83. The lowest BCUT2D eigenvalue weighted by Gasteiger charge is -2.09. The van der Waals surface area contributed by atoms with Gasteiger partial charge in [0.15, 0.2) is 0 Å². The third-order valence-electron chi connectivity index (χ3n) is 4.83. The van der Waals surface area contributed by atoms with Crippen molar-refractivity contribution in [3.8, 4) is 11.1 Å². The van der Waals surface area contributed by atoms with Crippen molar-refractivity contribution in [2.75, 3.05) is 17.7 Å². The summed E-state index contributed by atoms with van der Waals surface area (Å²) in [6.45, 7) is 2.00. The Morgan fingerprint density at radius 2 is 1.88 bits per heavy atom. The number of thioether (sulfide) groups is 1. The number of fused-ring (bicyclic) bond motifs is 1. The first kappa shape index (κ1) is 23.3. The quantitative estimate of drug-likeness (QED) is 0.212. The van der Waals surface area contributed by atoms with Gasteiger partial charge in [-0.15, -0.1) is 23.1 Å². The van der Waals surface area contributed by atoms with E-state index in [2.05, 4.69) is 10.3 Å². The van der Waals surface area contributed by atoms with Crippen molar-refractivity contribution >= 4 is 62.5 Å². The van der Waals surface area contributed by atoms with Crippen LogP contribution in [0.5, 0.6) is 0 Å². The molecule has 168 valence electrons. The van der Waals surface area contributed by atoms with Crippen LogP contribution in [0.15, 0.2) is 71.1 Å². The minimum Gasteiger partial charge on any atom is -0.462 e. The van der Waals surface area contributed by atoms with Gasteiger partial charge in [0.05, 0.1) is 17.1 Å². The van der Waals surface area contributed by atoms with Crippen molar-refractivity contribution in [2.24, 2.45) is 0 Å². The minimum atomic E-state index is -0.464. The molecule has 33 heavy (non-hydrogen) atoms. The third kappa shape index (κ3) is 5.74. The Balaban J connectivity index is 1.44. The van der Waals surface area contributed by atoms with Gasteiger partial charge in [-0.2, -0.15) is 0 Å². The molecule has 4 aromatic rings. The summed E-state index contributed by atoms with van der Waals surface area (Å²) in [4.78, 5) is 29.9. The van der Waals surface area contributed by atoms with Gasteiger partial charge in [-0.05, 0) is 36.8 Å². The third-order valence-corrected chi connectivity index (χ3v) is 6.91. The van der Waals surface area contributed by atoms with Crippen LogP contribution in [0, 0.1) is 0 Å². The molecule has 0 radical (unpaired) electrons. The first-order valence-electron chi connectivity index (χ1n) is 10.4. The van der Waals surface area contributed by atoms with E-state index in [1.54, 1.807) is 19.1 Å². The Morgan fingerprint density at radius 1 is 1.09 bits per heavy atom. The van der Waals surface area contributed by atoms with Crippen molar-refractivity contribution in [3.05, 3.63) is 76.6 Å². The molecule has 0 atom stereocenters. The zero-order valence-corrected chi connectivity index (χ0v) is 20.2. The largest absolute Gasteiger partial charge is 0.462 e. The van der Waals surface area contributed by atoms with E-state index in [1.807, 2.05) is 53.9 Å². The molecule has 8 heteroatoms. The Kier molecular flexibility index (Phi) is 7.65. The van der Waals surface area contributed by atoms with Gasteiger partial charge in [-0.25, -0.2) is 9.78 Å². The van der Waals surface area contributed by atoms with Crippen LogP contribution in [-0.2, 0) is 9.53 Å². The minimum absolute atomic E-state index is 0.168. The fourth-order valence-corrected chi connectivity index (χ4v) is 5.19. The van der Waals surface area contributed by atoms with Crippen LogP contribution < -0.4 is 5.32 Å². The number of ether oxygens (including phenoxy) is 1. The SMILES string of the molecule is CCOC(=O)c1c(-c2ccc(Cl)cc2)csc1NC(=O)CCSc1ccc2ccccc2n1. The van der Waals surface area contributed by atoms with E-state index in [0.29, 0.717) is 26.9 Å². The summed E-state index contributed by atoms with van der Waals surface area (Å²) in [5.74, 6) is -0.0616. The van der Waals surface area contributed by atoms with Gasteiger partial charge in [-0.1, -0.05) is 48.0 Å². The van der Waals surface area contributed by atoms with Gasteiger partial charge in [0.25, 0.3) is 0 Å². The second kappa shape index (κ2) is 10.8. The number of aromatic nitrogens is 1. The molecule has 0 aliphatic heterocycles. The molecule has 0 aliphatic carbocycles. The highest BCUT2D eigenvalue weighted by Gasteiger charge is 2.22. The maximum absolute atomic E-state index is 12.7. The summed E-state index contributed by atoms with van der Waals surface area (Å²) in [6.07, 6.45) is 0.287. The smallest absolute Gasteiger partial charge is 0.341 e. The average Bonchev–Trinajstić information content (AvgIpc) is 3.23. The molecule has 2 aromatic carbocycles. The van der Waals surface area contributed by atoms with Crippen molar-refractivity contribution in [1.29, 1.82) is 0 Å². The molecule has 4 rings (SSSR count). The lowest BCUT2D eigenvalue weighted by atomic mass is 10.0. The number of thiophene rings is 1. The van der Waals surface area contributed by atoms with Crippen molar-refractivity contribution in [3.63, 3.8) is 0 Å². The number of pyridine rings is 1. The zero-order chi connectivity index (χ0) is 23.2.